The first-order chi connectivity index (χ1) is 9.10. The van der Waals surface area contributed by atoms with Crippen LogP contribution in [-0.2, 0) is 0 Å². The Bertz CT molecular complexity index is 441. The Balaban J connectivity index is 3.00. The molecule has 1 aromatic rings. The number of nitrogens with zero attached hydrogens (tertiary/aromatic N) is 4. The van der Waals surface area contributed by atoms with Crippen LogP contribution in [0.5, 0.6) is 0 Å². The summed E-state index contributed by atoms with van der Waals surface area (Å²) in [6, 6.07) is 2.18. The maximum absolute atomic E-state index is 8.77. The van der Waals surface area contributed by atoms with Gasteiger partial charge in [0.25, 0.3) is 0 Å². The first-order valence-electron chi connectivity index (χ1n) is 6.46. The predicted molar refractivity (Wildman–Crippen MR) is 81.2 cm³/mol. The third-order valence-electron chi connectivity index (χ3n) is 2.49. The van der Waals surface area contributed by atoms with Gasteiger partial charge in [-0.1, -0.05) is 13.8 Å². The van der Waals surface area contributed by atoms with Gasteiger partial charge in [0, 0.05) is 19.6 Å². The van der Waals surface area contributed by atoms with Gasteiger partial charge in [0.05, 0.1) is 12.5 Å². The molecular weight excluding hydrogens is 306 g/mol. The first kappa shape index (κ1) is 15.7. The molecular formula is C13H20BrN5. The molecule has 1 heterocycles. The van der Waals surface area contributed by atoms with Crippen LogP contribution in [-0.4, -0.2) is 29.6 Å². The zero-order chi connectivity index (χ0) is 14.3. The molecule has 0 amide bonds. The van der Waals surface area contributed by atoms with E-state index in [2.05, 4.69) is 56.0 Å². The van der Waals surface area contributed by atoms with Crippen LogP contribution >= 0.6 is 15.9 Å². The molecule has 0 aliphatic rings. The van der Waals surface area contributed by atoms with Crippen molar-refractivity contribution in [2.24, 2.45) is 5.92 Å². The van der Waals surface area contributed by atoms with Crippen LogP contribution in [0.1, 0.15) is 27.2 Å². The van der Waals surface area contributed by atoms with Gasteiger partial charge in [0.15, 0.2) is 0 Å². The molecule has 0 fully saturated rings. The molecule has 1 rings (SSSR count). The minimum atomic E-state index is 0.486. The van der Waals surface area contributed by atoms with E-state index >= 15 is 0 Å². The zero-order valence-corrected chi connectivity index (χ0v) is 13.2. The van der Waals surface area contributed by atoms with E-state index in [4.69, 9.17) is 5.26 Å². The largest absolute Gasteiger partial charge is 0.369 e. The Kier molecular flexibility index (Phi) is 6.57. The lowest BCUT2D eigenvalue weighted by Gasteiger charge is -2.26. The molecule has 1 aromatic heterocycles. The van der Waals surface area contributed by atoms with Gasteiger partial charge in [-0.2, -0.15) is 5.26 Å². The Morgan fingerprint density at radius 3 is 2.79 bits per heavy atom. The number of hydrogen-bond acceptors (Lipinski definition) is 5. The van der Waals surface area contributed by atoms with Crippen LogP contribution in [0.2, 0.25) is 0 Å². The third-order valence-corrected chi connectivity index (χ3v) is 3.22. The summed E-state index contributed by atoms with van der Waals surface area (Å²) in [5, 5.41) is 12.0. The summed E-state index contributed by atoms with van der Waals surface area (Å²) in [5.41, 5.74) is 0. The van der Waals surface area contributed by atoms with E-state index in [0.29, 0.717) is 18.9 Å². The maximum Gasteiger partial charge on any atom is 0.148 e. The van der Waals surface area contributed by atoms with Crippen LogP contribution in [0.25, 0.3) is 0 Å². The zero-order valence-electron chi connectivity index (χ0n) is 11.6. The second kappa shape index (κ2) is 7.95. The van der Waals surface area contributed by atoms with Crippen molar-refractivity contribution in [3.8, 4) is 6.07 Å². The fourth-order valence-corrected chi connectivity index (χ4v) is 2.38. The van der Waals surface area contributed by atoms with Gasteiger partial charge in [0.2, 0.25) is 0 Å². The Morgan fingerprint density at radius 1 is 1.47 bits per heavy atom. The molecule has 1 N–H and O–H groups in total. The van der Waals surface area contributed by atoms with Gasteiger partial charge < -0.3 is 10.2 Å². The van der Waals surface area contributed by atoms with E-state index in [9.17, 15) is 0 Å². The van der Waals surface area contributed by atoms with Crippen molar-refractivity contribution < 1.29 is 0 Å². The van der Waals surface area contributed by atoms with Gasteiger partial charge in [-0.3, -0.25) is 0 Å². The molecule has 0 aliphatic carbocycles. The highest BCUT2D eigenvalue weighted by molar-refractivity contribution is 9.10. The van der Waals surface area contributed by atoms with Crippen molar-refractivity contribution in [3.63, 3.8) is 0 Å². The number of aromatic nitrogens is 2. The second-order valence-corrected chi connectivity index (χ2v) is 5.43. The Hall–Kier alpha value is -1.35. The summed E-state index contributed by atoms with van der Waals surface area (Å²) in [6.45, 7) is 8.67. The molecule has 0 bridgehead atoms. The van der Waals surface area contributed by atoms with Gasteiger partial charge in [0.1, 0.15) is 22.4 Å². The van der Waals surface area contributed by atoms with E-state index in [1.165, 1.54) is 0 Å². The van der Waals surface area contributed by atoms with Crippen LogP contribution in [0.4, 0.5) is 11.6 Å². The van der Waals surface area contributed by atoms with Gasteiger partial charge >= 0.3 is 0 Å². The average molecular weight is 326 g/mol. The minimum absolute atomic E-state index is 0.486. The third kappa shape index (κ3) is 4.67. The van der Waals surface area contributed by atoms with Crippen LogP contribution < -0.4 is 10.2 Å². The molecule has 0 spiro atoms. The number of halogens is 1. The first-order valence-corrected chi connectivity index (χ1v) is 7.25. The van der Waals surface area contributed by atoms with E-state index in [0.717, 1.165) is 29.2 Å². The predicted octanol–water partition coefficient (Wildman–Crippen LogP) is 3.05. The highest BCUT2D eigenvalue weighted by atomic mass is 79.9. The Morgan fingerprint density at radius 2 is 2.21 bits per heavy atom. The standard InChI is InChI=1S/C13H20BrN5/c1-4-16-12-11(14)13(18-9-17-12)19(7-5-6-15)8-10(2)3/h9-10H,4-5,7-8H2,1-3H3,(H,16,17,18). The van der Waals surface area contributed by atoms with Gasteiger partial charge in [-0.15, -0.1) is 0 Å². The molecule has 6 heteroatoms. The molecule has 19 heavy (non-hydrogen) atoms. The number of nitriles is 1. The molecule has 0 radical (unpaired) electrons. The smallest absolute Gasteiger partial charge is 0.148 e. The summed E-state index contributed by atoms with van der Waals surface area (Å²) in [6.07, 6.45) is 2.04. The van der Waals surface area contributed by atoms with E-state index in [-0.39, 0.29) is 0 Å². The summed E-state index contributed by atoms with van der Waals surface area (Å²) in [5.74, 6) is 2.14. The molecule has 0 unspecified atom stereocenters. The van der Waals surface area contributed by atoms with E-state index < -0.39 is 0 Å². The van der Waals surface area contributed by atoms with Gasteiger partial charge in [-0.25, -0.2) is 9.97 Å². The minimum Gasteiger partial charge on any atom is -0.369 e. The number of nitrogens with one attached hydrogen (secondary N) is 1. The molecule has 0 atom stereocenters. The molecule has 0 saturated carbocycles. The van der Waals surface area contributed by atoms with Crippen molar-refractivity contribution in [3.05, 3.63) is 10.8 Å². The highest BCUT2D eigenvalue weighted by Crippen LogP contribution is 2.29. The lowest BCUT2D eigenvalue weighted by atomic mass is 10.2. The monoisotopic (exact) mass is 325 g/mol. The number of anilines is 2. The number of rotatable bonds is 7. The second-order valence-electron chi connectivity index (χ2n) is 4.64. The van der Waals surface area contributed by atoms with Crippen LogP contribution in [0, 0.1) is 17.2 Å². The molecule has 0 saturated heterocycles. The van der Waals surface area contributed by atoms with Crippen molar-refractivity contribution >= 4 is 27.6 Å². The average Bonchev–Trinajstić information content (AvgIpc) is 2.37. The summed E-state index contributed by atoms with van der Waals surface area (Å²) < 4.78 is 0.857. The fourth-order valence-electron chi connectivity index (χ4n) is 1.78. The molecule has 0 aliphatic heterocycles. The lowest BCUT2D eigenvalue weighted by molar-refractivity contribution is 0.606. The lowest BCUT2D eigenvalue weighted by Crippen LogP contribution is -2.30. The quantitative estimate of drug-likeness (QED) is 0.834. The normalized spacial score (nSPS) is 10.3. The van der Waals surface area contributed by atoms with E-state index in [1.807, 2.05) is 6.92 Å². The maximum atomic E-state index is 8.77. The molecule has 5 nitrogen and oxygen atoms in total. The SMILES string of the molecule is CCNc1ncnc(N(CCC#N)CC(C)C)c1Br. The fraction of sp³-hybridized carbons (Fsp3) is 0.615. The van der Waals surface area contributed by atoms with Crippen molar-refractivity contribution in [1.29, 1.82) is 5.26 Å². The molecule has 104 valence electrons. The summed E-state index contributed by atoms with van der Waals surface area (Å²) in [4.78, 5) is 10.7. The van der Waals surface area contributed by atoms with Crippen molar-refractivity contribution in [1.82, 2.24) is 9.97 Å². The van der Waals surface area contributed by atoms with Gasteiger partial charge in [-0.05, 0) is 28.8 Å². The highest BCUT2D eigenvalue weighted by Gasteiger charge is 2.16. The van der Waals surface area contributed by atoms with Crippen LogP contribution in [0.3, 0.4) is 0 Å². The van der Waals surface area contributed by atoms with Crippen molar-refractivity contribution in [2.75, 3.05) is 29.9 Å². The summed E-state index contributed by atoms with van der Waals surface area (Å²) >= 11 is 3.55. The van der Waals surface area contributed by atoms with E-state index in [1.54, 1.807) is 6.33 Å². The topological polar surface area (TPSA) is 64.8 Å². The molecule has 0 aromatic carbocycles. The Labute approximate surface area is 123 Å². The summed E-state index contributed by atoms with van der Waals surface area (Å²) in [7, 11) is 0. The van der Waals surface area contributed by atoms with Crippen LogP contribution in [0.15, 0.2) is 10.8 Å². The van der Waals surface area contributed by atoms with Crippen molar-refractivity contribution in [2.45, 2.75) is 27.2 Å². The number of hydrogen-bond donors (Lipinski definition) is 1.